The van der Waals surface area contributed by atoms with E-state index in [0.29, 0.717) is 16.3 Å². The molecule has 0 amide bonds. The summed E-state index contributed by atoms with van der Waals surface area (Å²) in [5, 5.41) is 26.9. The predicted octanol–water partition coefficient (Wildman–Crippen LogP) is 5.94. The van der Waals surface area contributed by atoms with Crippen LogP contribution in [0.15, 0.2) is 91.0 Å². The molecule has 0 heterocycles. The van der Waals surface area contributed by atoms with Crippen LogP contribution >= 0.6 is 7.75 Å². The normalized spacial score (nSPS) is 13.2. The minimum absolute atomic E-state index is 0.0509. The number of carbonyl (C=O) groups is 1. The number of ether oxygens (including phenoxy) is 1. The second-order valence-corrected chi connectivity index (χ2v) is 9.86. The van der Waals surface area contributed by atoms with Gasteiger partial charge >= 0.3 is 25.1 Å². The lowest BCUT2D eigenvalue weighted by Gasteiger charge is -2.23. The lowest BCUT2D eigenvalue weighted by molar-refractivity contribution is -0.395. The smallest absolute Gasteiger partial charge is 0.460 e. The number of nitro benzene ring substituents is 2. The van der Waals surface area contributed by atoms with Gasteiger partial charge in [0.05, 0.1) is 9.85 Å². The number of fused-ring (bicyclic) bond motifs is 1. The molecule has 1 unspecified atom stereocenters. The minimum atomic E-state index is -4.77. The Hall–Kier alpha value is -4.80. The van der Waals surface area contributed by atoms with Crippen LogP contribution in [0, 0.1) is 20.2 Å². The van der Waals surface area contributed by atoms with E-state index < -0.39 is 46.7 Å². The summed E-state index contributed by atoms with van der Waals surface area (Å²) in [4.78, 5) is 34.2. The standard InChI is InChI=1S/C26H22N3O9P/c1-18(26(30)36-17-19-9-3-2-4-10-19)27-39(35,37-24-16-7-12-20-11-5-6-13-21(20)24)38-25-22(28(31)32)14-8-15-23(25)29(33)34/h2-16,18H,17H2,1H3,(H,27,35)/t18-,39?/m0/s1. The molecule has 0 saturated carbocycles. The summed E-state index contributed by atoms with van der Waals surface area (Å²) in [5.41, 5.74) is -0.917. The fraction of sp³-hybridized carbons (Fsp3) is 0.115. The second kappa shape index (κ2) is 11.7. The Balaban J connectivity index is 1.70. The summed E-state index contributed by atoms with van der Waals surface area (Å²) in [6, 6.07) is 22.4. The summed E-state index contributed by atoms with van der Waals surface area (Å²) >= 11 is 0. The van der Waals surface area contributed by atoms with E-state index in [4.69, 9.17) is 13.8 Å². The number of rotatable bonds is 11. The van der Waals surface area contributed by atoms with Crippen LogP contribution in [-0.2, 0) is 20.7 Å². The first-order valence-corrected chi connectivity index (χ1v) is 13.1. The van der Waals surface area contributed by atoms with Crippen LogP contribution in [0.3, 0.4) is 0 Å². The lowest BCUT2D eigenvalue weighted by Crippen LogP contribution is -2.35. The Morgan fingerprint density at radius 1 is 0.846 bits per heavy atom. The SMILES string of the molecule is C[C@H](NP(=O)(Oc1c([N+](=O)[O-])cccc1[N+](=O)[O-])Oc1cccc2ccccc12)C(=O)OCc1ccccc1. The number of para-hydroxylation sites is 1. The molecule has 200 valence electrons. The predicted molar refractivity (Wildman–Crippen MR) is 141 cm³/mol. The van der Waals surface area contributed by atoms with Crippen molar-refractivity contribution in [2.45, 2.75) is 19.6 Å². The molecule has 2 atom stereocenters. The Bertz CT molecular complexity index is 1540. The van der Waals surface area contributed by atoms with Crippen molar-refractivity contribution < 1.29 is 33.0 Å². The van der Waals surface area contributed by atoms with Gasteiger partial charge in [0, 0.05) is 17.5 Å². The van der Waals surface area contributed by atoms with E-state index >= 15 is 0 Å². The van der Waals surface area contributed by atoms with Gasteiger partial charge in [-0.2, -0.15) is 5.09 Å². The number of carbonyl (C=O) groups excluding carboxylic acids is 1. The highest BCUT2D eigenvalue weighted by atomic mass is 31.2. The van der Waals surface area contributed by atoms with Crippen molar-refractivity contribution in [2.75, 3.05) is 0 Å². The number of hydrogen-bond donors (Lipinski definition) is 1. The molecule has 0 bridgehead atoms. The Labute approximate surface area is 222 Å². The number of nitrogens with one attached hydrogen (secondary N) is 1. The molecular weight excluding hydrogens is 529 g/mol. The summed E-state index contributed by atoms with van der Waals surface area (Å²) in [6.07, 6.45) is 0. The molecule has 0 aromatic heterocycles. The molecule has 0 radical (unpaired) electrons. The maximum Gasteiger partial charge on any atom is 0.514 e. The third-order valence-corrected chi connectivity index (χ3v) is 7.04. The average molecular weight is 551 g/mol. The largest absolute Gasteiger partial charge is 0.514 e. The minimum Gasteiger partial charge on any atom is -0.460 e. The van der Waals surface area contributed by atoms with Gasteiger partial charge in [-0.1, -0.05) is 66.7 Å². The van der Waals surface area contributed by atoms with Gasteiger partial charge in [-0.05, 0) is 30.0 Å². The summed E-state index contributed by atoms with van der Waals surface area (Å²) in [5.74, 6) is -1.68. The monoisotopic (exact) mass is 551 g/mol. The van der Waals surface area contributed by atoms with Crippen molar-refractivity contribution in [3.05, 3.63) is 117 Å². The maximum atomic E-state index is 14.1. The van der Waals surface area contributed by atoms with Gasteiger partial charge < -0.3 is 13.8 Å². The molecule has 0 aliphatic carbocycles. The molecule has 13 heteroatoms. The van der Waals surface area contributed by atoms with Gasteiger partial charge in [0.15, 0.2) is 0 Å². The van der Waals surface area contributed by atoms with Gasteiger partial charge in [0.2, 0.25) is 0 Å². The molecule has 0 fully saturated rings. The van der Waals surface area contributed by atoms with E-state index in [2.05, 4.69) is 5.09 Å². The molecule has 0 spiro atoms. The zero-order valence-electron chi connectivity index (χ0n) is 20.5. The van der Waals surface area contributed by atoms with Gasteiger partial charge in [-0.25, -0.2) is 4.57 Å². The van der Waals surface area contributed by atoms with Crippen LogP contribution in [0.5, 0.6) is 11.5 Å². The average Bonchev–Trinajstić information content (AvgIpc) is 2.92. The quantitative estimate of drug-likeness (QED) is 0.102. The van der Waals surface area contributed by atoms with Crippen molar-refractivity contribution >= 4 is 35.9 Å². The zero-order valence-corrected chi connectivity index (χ0v) is 21.4. The molecule has 0 saturated heterocycles. The fourth-order valence-electron chi connectivity index (χ4n) is 3.63. The van der Waals surface area contributed by atoms with E-state index in [1.165, 1.54) is 13.0 Å². The number of hydrogen-bond acceptors (Lipinski definition) is 9. The Kier molecular flexibility index (Phi) is 8.18. The van der Waals surface area contributed by atoms with Crippen LogP contribution in [0.4, 0.5) is 11.4 Å². The Morgan fingerprint density at radius 3 is 2.10 bits per heavy atom. The third kappa shape index (κ3) is 6.56. The van der Waals surface area contributed by atoms with Crippen molar-refractivity contribution in [1.29, 1.82) is 0 Å². The summed E-state index contributed by atoms with van der Waals surface area (Å²) < 4.78 is 30.6. The number of esters is 1. The first-order chi connectivity index (χ1) is 18.7. The molecule has 39 heavy (non-hydrogen) atoms. The van der Waals surface area contributed by atoms with Gasteiger partial charge in [-0.15, -0.1) is 0 Å². The molecule has 0 aliphatic heterocycles. The highest BCUT2D eigenvalue weighted by molar-refractivity contribution is 7.52. The van der Waals surface area contributed by atoms with E-state index in [9.17, 15) is 29.6 Å². The zero-order chi connectivity index (χ0) is 28.0. The highest BCUT2D eigenvalue weighted by Crippen LogP contribution is 2.51. The maximum absolute atomic E-state index is 14.1. The van der Waals surface area contributed by atoms with Crippen molar-refractivity contribution in [3.8, 4) is 11.5 Å². The van der Waals surface area contributed by atoms with Crippen LogP contribution in [-0.4, -0.2) is 21.9 Å². The molecule has 0 aliphatic rings. The number of nitro groups is 2. The molecule has 1 N–H and O–H groups in total. The van der Waals surface area contributed by atoms with Gasteiger partial charge in [0.25, 0.3) is 5.75 Å². The summed E-state index contributed by atoms with van der Waals surface area (Å²) in [6.45, 7) is 1.25. The fourth-order valence-corrected chi connectivity index (χ4v) is 5.20. The van der Waals surface area contributed by atoms with Crippen molar-refractivity contribution in [1.82, 2.24) is 5.09 Å². The number of benzene rings is 4. The van der Waals surface area contributed by atoms with Crippen LogP contribution in [0.1, 0.15) is 12.5 Å². The topological polar surface area (TPSA) is 160 Å². The highest BCUT2D eigenvalue weighted by Gasteiger charge is 2.39. The van der Waals surface area contributed by atoms with Crippen molar-refractivity contribution in [2.24, 2.45) is 0 Å². The second-order valence-electron chi connectivity index (χ2n) is 8.24. The number of nitrogens with zero attached hydrogens (tertiary/aromatic N) is 2. The molecular formula is C26H22N3O9P. The molecule has 4 aromatic carbocycles. The van der Waals surface area contributed by atoms with Crippen molar-refractivity contribution in [3.63, 3.8) is 0 Å². The van der Waals surface area contributed by atoms with E-state index in [1.54, 1.807) is 66.7 Å². The van der Waals surface area contributed by atoms with Gasteiger partial charge in [0.1, 0.15) is 18.4 Å². The van der Waals surface area contributed by atoms with E-state index in [1.807, 2.05) is 0 Å². The van der Waals surface area contributed by atoms with Gasteiger partial charge in [-0.3, -0.25) is 25.0 Å². The van der Waals surface area contributed by atoms with E-state index in [-0.39, 0.29) is 12.4 Å². The first kappa shape index (κ1) is 27.2. The molecule has 4 aromatic rings. The lowest BCUT2D eigenvalue weighted by atomic mass is 10.1. The van der Waals surface area contributed by atoms with Crippen LogP contribution in [0.25, 0.3) is 10.8 Å². The van der Waals surface area contributed by atoms with Crippen LogP contribution in [0.2, 0.25) is 0 Å². The van der Waals surface area contributed by atoms with E-state index in [0.717, 1.165) is 18.2 Å². The Morgan fingerprint density at radius 2 is 1.44 bits per heavy atom. The first-order valence-electron chi connectivity index (χ1n) is 11.5. The van der Waals surface area contributed by atoms with Crippen LogP contribution < -0.4 is 14.1 Å². The third-order valence-electron chi connectivity index (χ3n) is 5.48. The molecule has 12 nitrogen and oxygen atoms in total. The molecule has 4 rings (SSSR count). The summed E-state index contributed by atoms with van der Waals surface area (Å²) in [7, 11) is -4.77.